The SMILES string of the molecule is CCOc1cncc([N+](=O)[O-])c1. The summed E-state index contributed by atoms with van der Waals surface area (Å²) in [5, 5.41) is 10.3. The van der Waals surface area contributed by atoms with Crippen molar-refractivity contribution in [3.8, 4) is 5.75 Å². The number of nitrogens with zero attached hydrogens (tertiary/aromatic N) is 2. The maximum absolute atomic E-state index is 10.3. The largest absolute Gasteiger partial charge is 0.492 e. The molecule has 0 aromatic carbocycles. The van der Waals surface area contributed by atoms with Crippen LogP contribution in [0.5, 0.6) is 5.75 Å². The van der Waals surface area contributed by atoms with E-state index in [-0.39, 0.29) is 5.69 Å². The lowest BCUT2D eigenvalue weighted by atomic mass is 10.4. The van der Waals surface area contributed by atoms with E-state index in [1.54, 1.807) is 6.92 Å². The monoisotopic (exact) mass is 168 g/mol. The van der Waals surface area contributed by atoms with Crippen LogP contribution in [0.25, 0.3) is 0 Å². The van der Waals surface area contributed by atoms with Gasteiger partial charge in [-0.1, -0.05) is 0 Å². The maximum atomic E-state index is 10.3. The Morgan fingerprint density at radius 3 is 3.00 bits per heavy atom. The third kappa shape index (κ3) is 1.91. The summed E-state index contributed by atoms with van der Waals surface area (Å²) in [6.45, 7) is 2.28. The third-order valence-corrected chi connectivity index (χ3v) is 1.22. The van der Waals surface area contributed by atoms with Crippen molar-refractivity contribution < 1.29 is 9.66 Å². The Kier molecular flexibility index (Phi) is 2.57. The van der Waals surface area contributed by atoms with Crippen LogP contribution in [-0.4, -0.2) is 16.5 Å². The lowest BCUT2D eigenvalue weighted by Crippen LogP contribution is -1.94. The zero-order valence-electron chi connectivity index (χ0n) is 6.56. The Balaban J connectivity index is 2.88. The number of pyridine rings is 1. The summed E-state index contributed by atoms with van der Waals surface area (Å²) in [4.78, 5) is 13.4. The molecule has 0 spiro atoms. The first-order valence-corrected chi connectivity index (χ1v) is 3.46. The van der Waals surface area contributed by atoms with E-state index < -0.39 is 4.92 Å². The van der Waals surface area contributed by atoms with Crippen LogP contribution in [0.1, 0.15) is 6.92 Å². The molecule has 0 bridgehead atoms. The van der Waals surface area contributed by atoms with Crippen LogP contribution < -0.4 is 4.74 Å². The fourth-order valence-corrected chi connectivity index (χ4v) is 0.753. The van der Waals surface area contributed by atoms with E-state index in [4.69, 9.17) is 4.74 Å². The highest BCUT2D eigenvalue weighted by Gasteiger charge is 2.06. The van der Waals surface area contributed by atoms with E-state index >= 15 is 0 Å². The van der Waals surface area contributed by atoms with Crippen molar-refractivity contribution in [3.05, 3.63) is 28.6 Å². The van der Waals surface area contributed by atoms with E-state index in [1.165, 1.54) is 18.5 Å². The fourth-order valence-electron chi connectivity index (χ4n) is 0.753. The third-order valence-electron chi connectivity index (χ3n) is 1.22. The van der Waals surface area contributed by atoms with Crippen molar-refractivity contribution in [1.29, 1.82) is 0 Å². The van der Waals surface area contributed by atoms with Crippen molar-refractivity contribution in [1.82, 2.24) is 4.98 Å². The highest BCUT2D eigenvalue weighted by atomic mass is 16.6. The molecule has 12 heavy (non-hydrogen) atoms. The molecular formula is C7H8N2O3. The van der Waals surface area contributed by atoms with Gasteiger partial charge in [0.15, 0.2) is 0 Å². The van der Waals surface area contributed by atoms with Gasteiger partial charge in [0.25, 0.3) is 5.69 Å². The molecule has 5 nitrogen and oxygen atoms in total. The van der Waals surface area contributed by atoms with Gasteiger partial charge in [0, 0.05) is 0 Å². The average molecular weight is 168 g/mol. The Hall–Kier alpha value is -1.65. The minimum absolute atomic E-state index is 0.0547. The number of hydrogen-bond donors (Lipinski definition) is 0. The summed E-state index contributed by atoms with van der Waals surface area (Å²) in [7, 11) is 0. The van der Waals surface area contributed by atoms with Gasteiger partial charge >= 0.3 is 0 Å². The number of ether oxygens (including phenoxy) is 1. The zero-order valence-corrected chi connectivity index (χ0v) is 6.56. The minimum atomic E-state index is -0.504. The van der Waals surface area contributed by atoms with Crippen molar-refractivity contribution in [3.63, 3.8) is 0 Å². The molecule has 0 aliphatic carbocycles. The molecule has 0 fully saturated rings. The Morgan fingerprint density at radius 2 is 2.42 bits per heavy atom. The summed E-state index contributed by atoms with van der Waals surface area (Å²) < 4.78 is 5.03. The molecule has 0 radical (unpaired) electrons. The minimum Gasteiger partial charge on any atom is -0.492 e. The van der Waals surface area contributed by atoms with Crippen LogP contribution in [0.2, 0.25) is 0 Å². The van der Waals surface area contributed by atoms with E-state index in [2.05, 4.69) is 4.98 Å². The average Bonchev–Trinajstić information content (AvgIpc) is 2.05. The predicted octanol–water partition coefficient (Wildman–Crippen LogP) is 1.39. The second-order valence-corrected chi connectivity index (χ2v) is 2.07. The van der Waals surface area contributed by atoms with Gasteiger partial charge in [-0.3, -0.25) is 15.1 Å². The van der Waals surface area contributed by atoms with Gasteiger partial charge in [0.1, 0.15) is 11.9 Å². The summed E-state index contributed by atoms with van der Waals surface area (Å²) in [5.74, 6) is 0.423. The standard InChI is InChI=1S/C7H8N2O3/c1-2-12-7-3-6(9(10)11)4-8-5-7/h3-5H,2H2,1H3. The second-order valence-electron chi connectivity index (χ2n) is 2.07. The van der Waals surface area contributed by atoms with Gasteiger partial charge in [-0.15, -0.1) is 0 Å². The number of rotatable bonds is 3. The van der Waals surface area contributed by atoms with Gasteiger partial charge in [0.2, 0.25) is 0 Å². The Labute approximate surface area is 69.1 Å². The first-order chi connectivity index (χ1) is 5.74. The van der Waals surface area contributed by atoms with Gasteiger partial charge in [-0.25, -0.2) is 0 Å². The molecule has 1 aromatic rings. The van der Waals surface area contributed by atoms with E-state index in [0.717, 1.165) is 0 Å². The first-order valence-electron chi connectivity index (χ1n) is 3.46. The van der Waals surface area contributed by atoms with Gasteiger partial charge in [-0.2, -0.15) is 0 Å². The zero-order chi connectivity index (χ0) is 8.97. The van der Waals surface area contributed by atoms with Crippen molar-refractivity contribution in [2.24, 2.45) is 0 Å². The van der Waals surface area contributed by atoms with Crippen molar-refractivity contribution in [2.75, 3.05) is 6.61 Å². The molecule has 0 amide bonds. The lowest BCUT2D eigenvalue weighted by Gasteiger charge is -1.99. The molecule has 1 rings (SSSR count). The molecule has 64 valence electrons. The smallest absolute Gasteiger partial charge is 0.291 e. The topological polar surface area (TPSA) is 65.3 Å². The Bertz CT molecular complexity index is 288. The molecule has 0 N–H and O–H groups in total. The van der Waals surface area contributed by atoms with E-state index in [1.807, 2.05) is 0 Å². The van der Waals surface area contributed by atoms with Gasteiger partial charge in [0.05, 0.1) is 23.8 Å². The lowest BCUT2D eigenvalue weighted by molar-refractivity contribution is -0.385. The van der Waals surface area contributed by atoms with Gasteiger partial charge in [-0.05, 0) is 6.92 Å². The maximum Gasteiger partial charge on any atom is 0.291 e. The summed E-state index contributed by atoms with van der Waals surface area (Å²) in [6, 6.07) is 1.34. The molecule has 5 heteroatoms. The highest BCUT2D eigenvalue weighted by molar-refractivity contribution is 5.33. The number of nitro groups is 1. The molecule has 1 aromatic heterocycles. The molecule has 0 aliphatic rings. The van der Waals surface area contributed by atoms with Crippen LogP contribution in [0.4, 0.5) is 5.69 Å². The van der Waals surface area contributed by atoms with Crippen molar-refractivity contribution >= 4 is 5.69 Å². The second kappa shape index (κ2) is 3.66. The van der Waals surface area contributed by atoms with E-state index in [0.29, 0.717) is 12.4 Å². The first kappa shape index (κ1) is 8.45. The quantitative estimate of drug-likeness (QED) is 0.505. The molecule has 0 saturated carbocycles. The predicted molar refractivity (Wildman–Crippen MR) is 42.1 cm³/mol. The normalized spacial score (nSPS) is 9.42. The molecule has 0 saturated heterocycles. The molecule has 0 unspecified atom stereocenters. The van der Waals surface area contributed by atoms with Crippen LogP contribution in [0, 0.1) is 10.1 Å². The summed E-state index contributed by atoms with van der Waals surface area (Å²) in [5.41, 5.74) is -0.0547. The highest BCUT2D eigenvalue weighted by Crippen LogP contribution is 2.16. The van der Waals surface area contributed by atoms with Crippen LogP contribution >= 0.6 is 0 Å². The van der Waals surface area contributed by atoms with Crippen molar-refractivity contribution in [2.45, 2.75) is 6.92 Å². The Morgan fingerprint density at radius 1 is 1.67 bits per heavy atom. The van der Waals surface area contributed by atoms with E-state index in [9.17, 15) is 10.1 Å². The summed E-state index contributed by atoms with van der Waals surface area (Å²) >= 11 is 0. The number of hydrogen-bond acceptors (Lipinski definition) is 4. The summed E-state index contributed by atoms with van der Waals surface area (Å²) in [6.07, 6.45) is 2.62. The van der Waals surface area contributed by atoms with Crippen LogP contribution in [-0.2, 0) is 0 Å². The molecule has 0 aliphatic heterocycles. The molecular weight excluding hydrogens is 160 g/mol. The number of aromatic nitrogens is 1. The fraction of sp³-hybridized carbons (Fsp3) is 0.286. The van der Waals surface area contributed by atoms with Gasteiger partial charge < -0.3 is 4.74 Å². The van der Waals surface area contributed by atoms with Crippen LogP contribution in [0.15, 0.2) is 18.5 Å². The molecule has 1 heterocycles. The molecule has 0 atom stereocenters. The van der Waals surface area contributed by atoms with Crippen LogP contribution in [0.3, 0.4) is 0 Å².